The number of hydrogen-bond acceptors (Lipinski definition) is 3. The molecule has 1 aromatic carbocycles. The van der Waals surface area contributed by atoms with Gasteiger partial charge in [0.2, 0.25) is 0 Å². The van der Waals surface area contributed by atoms with Gasteiger partial charge >= 0.3 is 6.03 Å². The molecule has 1 aliphatic rings. The van der Waals surface area contributed by atoms with Gasteiger partial charge in [-0.1, -0.05) is 18.1 Å². The number of amides is 2. The molecule has 1 heterocycles. The number of benzene rings is 1. The summed E-state index contributed by atoms with van der Waals surface area (Å²) in [6.07, 6.45) is 5.48. The van der Waals surface area contributed by atoms with Crippen LogP contribution in [-0.2, 0) is 5.54 Å². The van der Waals surface area contributed by atoms with E-state index in [9.17, 15) is 4.79 Å². The first kappa shape index (κ1) is 14.9. The summed E-state index contributed by atoms with van der Waals surface area (Å²) in [6.45, 7) is 3.66. The third kappa shape index (κ3) is 2.23. The third-order valence-electron chi connectivity index (χ3n) is 3.98. The molecule has 21 heavy (non-hydrogen) atoms. The van der Waals surface area contributed by atoms with E-state index in [0.717, 1.165) is 11.3 Å². The van der Waals surface area contributed by atoms with Gasteiger partial charge in [0.15, 0.2) is 0 Å². The molecular weight excluding hydrogens is 264 g/mol. The van der Waals surface area contributed by atoms with E-state index in [1.807, 2.05) is 50.2 Å². The van der Waals surface area contributed by atoms with Crippen molar-refractivity contribution in [3.8, 4) is 12.3 Å². The summed E-state index contributed by atoms with van der Waals surface area (Å²) in [5.41, 5.74) is 7.17. The second-order valence-corrected chi connectivity index (χ2v) is 5.51. The van der Waals surface area contributed by atoms with E-state index < -0.39 is 11.6 Å². The minimum absolute atomic E-state index is 0.271. The number of urea groups is 1. The van der Waals surface area contributed by atoms with Gasteiger partial charge < -0.3 is 10.6 Å². The fourth-order valence-corrected chi connectivity index (χ4v) is 2.58. The number of nitrogens with two attached hydrogens (primary N) is 1. The summed E-state index contributed by atoms with van der Waals surface area (Å²) in [5, 5.41) is 0. The largest absolute Gasteiger partial charge is 0.385 e. The molecule has 0 aliphatic carbocycles. The Morgan fingerprint density at radius 2 is 1.95 bits per heavy atom. The second kappa shape index (κ2) is 5.13. The lowest BCUT2D eigenvalue weighted by Crippen LogP contribution is -2.52. The standard InChI is InChI=1S/C16H20N4O/c1-6-11(2)20-15(21)18-14(17)16(20,3)12-7-9-13(10-8-12)19(4)5/h1,7-11H,2-5H3,(H2,17,18,21). The molecule has 2 atom stereocenters. The minimum Gasteiger partial charge on any atom is -0.385 e. The van der Waals surface area contributed by atoms with Gasteiger partial charge in [-0.2, -0.15) is 4.99 Å². The third-order valence-corrected chi connectivity index (χ3v) is 3.98. The average Bonchev–Trinajstić information content (AvgIpc) is 2.69. The molecule has 0 spiro atoms. The van der Waals surface area contributed by atoms with Crippen molar-refractivity contribution in [3.63, 3.8) is 0 Å². The summed E-state index contributed by atoms with van der Waals surface area (Å²) in [7, 11) is 3.94. The van der Waals surface area contributed by atoms with Crippen LogP contribution in [0.25, 0.3) is 0 Å². The second-order valence-electron chi connectivity index (χ2n) is 5.51. The van der Waals surface area contributed by atoms with Crippen molar-refractivity contribution in [2.75, 3.05) is 19.0 Å². The first-order valence-corrected chi connectivity index (χ1v) is 6.74. The summed E-state index contributed by atoms with van der Waals surface area (Å²) in [4.78, 5) is 19.6. The molecule has 2 amide bonds. The van der Waals surface area contributed by atoms with Gasteiger partial charge in [-0.15, -0.1) is 6.42 Å². The Bertz CT molecular complexity index is 627. The molecular formula is C16H20N4O. The Morgan fingerprint density at radius 1 is 1.38 bits per heavy atom. The first-order valence-electron chi connectivity index (χ1n) is 6.74. The lowest BCUT2D eigenvalue weighted by molar-refractivity contribution is 0.167. The van der Waals surface area contributed by atoms with Crippen LogP contribution in [0.5, 0.6) is 0 Å². The lowest BCUT2D eigenvalue weighted by atomic mass is 9.88. The van der Waals surface area contributed by atoms with Crippen LogP contribution in [0.2, 0.25) is 0 Å². The number of nitrogens with zero attached hydrogens (tertiary/aromatic N) is 3. The summed E-state index contributed by atoms with van der Waals surface area (Å²) < 4.78 is 0. The summed E-state index contributed by atoms with van der Waals surface area (Å²) in [5.74, 6) is 2.85. The maximum absolute atomic E-state index is 12.1. The van der Waals surface area contributed by atoms with Crippen molar-refractivity contribution >= 4 is 17.6 Å². The number of anilines is 1. The zero-order chi connectivity index (χ0) is 15.8. The maximum atomic E-state index is 12.1. The van der Waals surface area contributed by atoms with Crippen LogP contribution in [0, 0.1) is 12.3 Å². The Balaban J connectivity index is 2.50. The monoisotopic (exact) mass is 284 g/mol. The zero-order valence-electron chi connectivity index (χ0n) is 12.8. The molecule has 110 valence electrons. The van der Waals surface area contributed by atoms with Crippen LogP contribution in [0.4, 0.5) is 10.5 Å². The van der Waals surface area contributed by atoms with Gasteiger partial charge in [0.25, 0.3) is 0 Å². The molecule has 2 N–H and O–H groups in total. The topological polar surface area (TPSA) is 61.9 Å². The van der Waals surface area contributed by atoms with Gasteiger partial charge in [-0.3, -0.25) is 4.90 Å². The van der Waals surface area contributed by atoms with E-state index in [4.69, 9.17) is 12.2 Å². The van der Waals surface area contributed by atoms with Gasteiger partial charge in [0, 0.05) is 19.8 Å². The van der Waals surface area contributed by atoms with Crippen LogP contribution >= 0.6 is 0 Å². The highest BCUT2D eigenvalue weighted by Gasteiger charge is 2.47. The molecule has 0 fully saturated rings. The molecule has 0 saturated heterocycles. The molecule has 2 unspecified atom stereocenters. The van der Waals surface area contributed by atoms with Crippen LogP contribution in [0.3, 0.4) is 0 Å². The summed E-state index contributed by atoms with van der Waals surface area (Å²) in [6, 6.07) is 7.09. The van der Waals surface area contributed by atoms with Gasteiger partial charge in [-0.05, 0) is 31.5 Å². The number of aliphatic imine (C=N–C) groups is 1. The molecule has 1 aliphatic heterocycles. The number of rotatable bonds is 3. The molecule has 5 heteroatoms. The van der Waals surface area contributed by atoms with Gasteiger partial charge in [-0.25, -0.2) is 4.79 Å². The van der Waals surface area contributed by atoms with E-state index in [-0.39, 0.29) is 11.9 Å². The highest BCUT2D eigenvalue weighted by Crippen LogP contribution is 2.36. The van der Waals surface area contributed by atoms with Gasteiger partial charge in [0.05, 0.1) is 6.04 Å². The first-order chi connectivity index (χ1) is 9.82. The Labute approximate surface area is 125 Å². The van der Waals surface area contributed by atoms with Crippen LogP contribution < -0.4 is 10.6 Å². The van der Waals surface area contributed by atoms with Crippen molar-refractivity contribution in [1.82, 2.24) is 4.90 Å². The number of hydrogen-bond donors (Lipinski definition) is 1. The highest BCUT2D eigenvalue weighted by atomic mass is 16.2. The fourth-order valence-electron chi connectivity index (χ4n) is 2.58. The van der Waals surface area contributed by atoms with E-state index in [1.54, 1.807) is 11.8 Å². The van der Waals surface area contributed by atoms with Crippen LogP contribution in [0.15, 0.2) is 29.3 Å². The lowest BCUT2D eigenvalue weighted by Gasteiger charge is -2.37. The Morgan fingerprint density at radius 3 is 2.43 bits per heavy atom. The smallest absolute Gasteiger partial charge is 0.347 e. The van der Waals surface area contributed by atoms with Crippen molar-refractivity contribution in [2.45, 2.75) is 25.4 Å². The van der Waals surface area contributed by atoms with E-state index in [1.165, 1.54) is 0 Å². The summed E-state index contributed by atoms with van der Waals surface area (Å²) >= 11 is 0. The van der Waals surface area contributed by atoms with E-state index in [0.29, 0.717) is 0 Å². The molecule has 0 bridgehead atoms. The predicted molar refractivity (Wildman–Crippen MR) is 85.3 cm³/mol. The zero-order valence-corrected chi connectivity index (χ0v) is 12.8. The number of amidine groups is 1. The molecule has 2 rings (SSSR count). The number of terminal acetylenes is 1. The van der Waals surface area contributed by atoms with Gasteiger partial charge in [0.1, 0.15) is 11.4 Å². The number of carbonyl (C=O) groups excluding carboxylic acids is 1. The van der Waals surface area contributed by atoms with Crippen LogP contribution in [-0.4, -0.2) is 36.9 Å². The molecule has 0 radical (unpaired) electrons. The fraction of sp³-hybridized carbons (Fsp3) is 0.375. The predicted octanol–water partition coefficient (Wildman–Crippen LogP) is 1.78. The number of carbonyl (C=O) groups is 1. The van der Waals surface area contributed by atoms with Crippen molar-refractivity contribution < 1.29 is 4.79 Å². The molecule has 5 nitrogen and oxygen atoms in total. The Kier molecular flexibility index (Phi) is 3.65. The van der Waals surface area contributed by atoms with Crippen molar-refractivity contribution in [1.29, 1.82) is 0 Å². The maximum Gasteiger partial charge on any atom is 0.347 e. The van der Waals surface area contributed by atoms with E-state index in [2.05, 4.69) is 10.9 Å². The highest BCUT2D eigenvalue weighted by molar-refractivity contribution is 6.06. The quantitative estimate of drug-likeness (QED) is 0.861. The Hall–Kier alpha value is -2.48. The van der Waals surface area contributed by atoms with E-state index >= 15 is 0 Å². The van der Waals surface area contributed by atoms with Crippen LogP contribution in [0.1, 0.15) is 19.4 Å². The molecule has 0 saturated carbocycles. The normalized spacial score (nSPS) is 22.7. The van der Waals surface area contributed by atoms with Crippen molar-refractivity contribution in [3.05, 3.63) is 29.8 Å². The molecule has 0 aromatic heterocycles. The van der Waals surface area contributed by atoms with Crippen molar-refractivity contribution in [2.24, 2.45) is 10.7 Å². The SMILES string of the molecule is C#CC(C)N1C(=O)N=C(N)C1(C)c1ccc(N(C)C)cc1. The average molecular weight is 284 g/mol. The minimum atomic E-state index is -0.812. The molecule has 1 aromatic rings.